The fourth-order valence-electron chi connectivity index (χ4n) is 2.41. The first-order valence-electron chi connectivity index (χ1n) is 7.06. The molecule has 1 aliphatic rings. The maximum absolute atomic E-state index is 5.93. The molecule has 0 amide bonds. The van der Waals surface area contributed by atoms with Gasteiger partial charge in [-0.05, 0) is 45.8 Å². The molecule has 0 aromatic carbocycles. The highest BCUT2D eigenvalue weighted by atomic mass is 16.5. The molecule has 1 heterocycles. The van der Waals surface area contributed by atoms with Gasteiger partial charge in [-0.25, -0.2) is 0 Å². The van der Waals surface area contributed by atoms with Gasteiger partial charge in [0.15, 0.2) is 0 Å². The van der Waals surface area contributed by atoms with Crippen LogP contribution in [0.4, 0.5) is 0 Å². The molecule has 0 N–H and O–H groups in total. The van der Waals surface area contributed by atoms with Gasteiger partial charge >= 0.3 is 0 Å². The lowest BCUT2D eigenvalue weighted by Crippen LogP contribution is -2.39. The molecule has 0 spiro atoms. The van der Waals surface area contributed by atoms with Crippen molar-refractivity contribution in [3.05, 3.63) is 0 Å². The van der Waals surface area contributed by atoms with Crippen LogP contribution in [0.1, 0.15) is 33.1 Å². The number of ether oxygens (including phenoxy) is 1. The molecule has 0 atom stereocenters. The third-order valence-electron chi connectivity index (χ3n) is 3.26. The Hall–Kier alpha value is -0.120. The van der Waals surface area contributed by atoms with E-state index in [1.165, 1.54) is 32.5 Å². The van der Waals surface area contributed by atoms with Gasteiger partial charge in [0.25, 0.3) is 0 Å². The van der Waals surface area contributed by atoms with Gasteiger partial charge in [-0.15, -0.1) is 0 Å². The topological polar surface area (TPSA) is 15.7 Å². The van der Waals surface area contributed by atoms with Gasteiger partial charge in [-0.3, -0.25) is 0 Å². The molecular formula is C14H30N2O. The molecule has 1 rings (SSSR count). The minimum Gasteiger partial charge on any atom is -0.378 e. The summed E-state index contributed by atoms with van der Waals surface area (Å²) in [4.78, 5) is 4.79. The van der Waals surface area contributed by atoms with E-state index in [4.69, 9.17) is 4.74 Å². The molecule has 3 heteroatoms. The largest absolute Gasteiger partial charge is 0.378 e. The Balaban J connectivity index is 2.03. The van der Waals surface area contributed by atoms with Crippen LogP contribution in [0.15, 0.2) is 0 Å². The molecule has 0 aromatic rings. The Kier molecular flexibility index (Phi) is 7.09. The first kappa shape index (κ1) is 14.9. The van der Waals surface area contributed by atoms with Crippen LogP contribution in [0.25, 0.3) is 0 Å². The molecule has 0 radical (unpaired) electrons. The predicted octanol–water partition coefficient (Wildman–Crippen LogP) is 2.08. The second-order valence-corrected chi connectivity index (χ2v) is 5.92. The number of piperidine rings is 1. The third kappa shape index (κ3) is 7.02. The van der Waals surface area contributed by atoms with Gasteiger partial charge in [0.1, 0.15) is 0 Å². The third-order valence-corrected chi connectivity index (χ3v) is 3.26. The Labute approximate surface area is 107 Å². The van der Waals surface area contributed by atoms with Crippen molar-refractivity contribution in [2.75, 3.05) is 46.9 Å². The fourth-order valence-corrected chi connectivity index (χ4v) is 2.41. The van der Waals surface area contributed by atoms with Gasteiger partial charge in [0, 0.05) is 26.2 Å². The molecule has 17 heavy (non-hydrogen) atoms. The summed E-state index contributed by atoms with van der Waals surface area (Å²) in [5.41, 5.74) is 0. The van der Waals surface area contributed by atoms with E-state index >= 15 is 0 Å². The van der Waals surface area contributed by atoms with E-state index in [0.717, 1.165) is 25.5 Å². The van der Waals surface area contributed by atoms with Crippen molar-refractivity contribution in [1.29, 1.82) is 0 Å². The van der Waals surface area contributed by atoms with E-state index in [2.05, 4.69) is 37.7 Å². The summed E-state index contributed by atoms with van der Waals surface area (Å²) in [5, 5.41) is 0. The molecule has 102 valence electrons. The van der Waals surface area contributed by atoms with Crippen LogP contribution in [0.2, 0.25) is 0 Å². The zero-order valence-electron chi connectivity index (χ0n) is 12.1. The highest BCUT2D eigenvalue weighted by Gasteiger charge is 2.19. The molecule has 1 fully saturated rings. The first-order valence-corrected chi connectivity index (χ1v) is 7.06. The van der Waals surface area contributed by atoms with Gasteiger partial charge in [-0.1, -0.05) is 13.8 Å². The second kappa shape index (κ2) is 8.06. The minimum absolute atomic E-state index is 0.514. The summed E-state index contributed by atoms with van der Waals surface area (Å²) >= 11 is 0. The molecule has 1 aliphatic heterocycles. The van der Waals surface area contributed by atoms with Crippen molar-refractivity contribution >= 4 is 0 Å². The molecule has 0 aromatic heterocycles. The summed E-state index contributed by atoms with van der Waals surface area (Å²) in [6, 6.07) is 0. The molecule has 0 bridgehead atoms. The molecule has 0 unspecified atom stereocenters. The van der Waals surface area contributed by atoms with E-state index in [1.807, 2.05) is 0 Å². The summed E-state index contributed by atoms with van der Waals surface area (Å²) in [6.45, 7) is 10.3. The summed E-state index contributed by atoms with van der Waals surface area (Å²) < 4.78 is 5.93. The van der Waals surface area contributed by atoms with E-state index in [1.54, 1.807) is 0 Å². The fraction of sp³-hybridized carbons (Fsp3) is 1.00. The van der Waals surface area contributed by atoms with Gasteiger partial charge in [0.2, 0.25) is 0 Å². The van der Waals surface area contributed by atoms with E-state index in [0.29, 0.717) is 6.10 Å². The SMILES string of the molecule is CC(C)CN1CCC(OCCCN(C)C)CC1. The van der Waals surface area contributed by atoms with E-state index in [9.17, 15) is 0 Å². The van der Waals surface area contributed by atoms with Crippen molar-refractivity contribution in [2.24, 2.45) is 5.92 Å². The smallest absolute Gasteiger partial charge is 0.0599 e. The van der Waals surface area contributed by atoms with Crippen molar-refractivity contribution in [2.45, 2.75) is 39.2 Å². The first-order chi connectivity index (χ1) is 8.08. The zero-order chi connectivity index (χ0) is 12.7. The number of hydrogen-bond acceptors (Lipinski definition) is 3. The summed E-state index contributed by atoms with van der Waals surface area (Å²) in [5.74, 6) is 0.785. The lowest BCUT2D eigenvalue weighted by atomic mass is 10.1. The maximum atomic E-state index is 5.93. The molecular weight excluding hydrogens is 212 g/mol. The van der Waals surface area contributed by atoms with Crippen molar-refractivity contribution in [1.82, 2.24) is 9.80 Å². The average Bonchev–Trinajstić information content (AvgIpc) is 2.25. The highest BCUT2D eigenvalue weighted by molar-refractivity contribution is 4.73. The number of likely N-dealkylation sites (tertiary alicyclic amines) is 1. The average molecular weight is 242 g/mol. The molecule has 0 aliphatic carbocycles. The molecule has 3 nitrogen and oxygen atoms in total. The lowest BCUT2D eigenvalue weighted by molar-refractivity contribution is 0.00299. The number of rotatable bonds is 7. The minimum atomic E-state index is 0.514. The summed E-state index contributed by atoms with van der Waals surface area (Å²) in [7, 11) is 4.23. The number of hydrogen-bond donors (Lipinski definition) is 0. The molecule has 0 saturated carbocycles. The highest BCUT2D eigenvalue weighted by Crippen LogP contribution is 2.15. The summed E-state index contributed by atoms with van der Waals surface area (Å²) in [6.07, 6.45) is 4.10. The van der Waals surface area contributed by atoms with Crippen molar-refractivity contribution in [3.8, 4) is 0 Å². The maximum Gasteiger partial charge on any atom is 0.0599 e. The standard InChI is InChI=1S/C14H30N2O/c1-13(2)12-16-9-6-14(7-10-16)17-11-5-8-15(3)4/h13-14H,5-12H2,1-4H3. The van der Waals surface area contributed by atoms with E-state index in [-0.39, 0.29) is 0 Å². The van der Waals surface area contributed by atoms with Crippen LogP contribution in [-0.4, -0.2) is 62.8 Å². The Morgan fingerprint density at radius 1 is 1.24 bits per heavy atom. The van der Waals surface area contributed by atoms with Gasteiger partial charge in [0.05, 0.1) is 6.10 Å². The van der Waals surface area contributed by atoms with Crippen LogP contribution >= 0.6 is 0 Å². The second-order valence-electron chi connectivity index (χ2n) is 5.92. The monoisotopic (exact) mass is 242 g/mol. The van der Waals surface area contributed by atoms with Gasteiger partial charge < -0.3 is 14.5 Å². The molecule has 1 saturated heterocycles. The quantitative estimate of drug-likeness (QED) is 0.636. The normalized spacial score (nSPS) is 19.4. The Bertz CT molecular complexity index is 184. The van der Waals surface area contributed by atoms with Crippen molar-refractivity contribution in [3.63, 3.8) is 0 Å². The Morgan fingerprint density at radius 3 is 2.41 bits per heavy atom. The van der Waals surface area contributed by atoms with Crippen LogP contribution in [0.5, 0.6) is 0 Å². The lowest BCUT2D eigenvalue weighted by Gasteiger charge is -2.32. The van der Waals surface area contributed by atoms with Gasteiger partial charge in [-0.2, -0.15) is 0 Å². The van der Waals surface area contributed by atoms with Crippen LogP contribution < -0.4 is 0 Å². The van der Waals surface area contributed by atoms with Crippen LogP contribution in [0, 0.1) is 5.92 Å². The Morgan fingerprint density at radius 2 is 1.88 bits per heavy atom. The van der Waals surface area contributed by atoms with Crippen LogP contribution in [-0.2, 0) is 4.74 Å². The van der Waals surface area contributed by atoms with Crippen molar-refractivity contribution < 1.29 is 4.74 Å². The van der Waals surface area contributed by atoms with Crippen LogP contribution in [0.3, 0.4) is 0 Å². The van der Waals surface area contributed by atoms with E-state index < -0.39 is 0 Å². The number of nitrogens with zero attached hydrogens (tertiary/aromatic N) is 2. The predicted molar refractivity (Wildman–Crippen MR) is 73.4 cm³/mol. The zero-order valence-corrected chi connectivity index (χ0v) is 12.1.